The van der Waals surface area contributed by atoms with Crippen molar-refractivity contribution in [3.63, 3.8) is 0 Å². The first-order valence-corrected chi connectivity index (χ1v) is 8.63. The maximum atomic E-state index is 9.94. The Morgan fingerprint density at radius 2 is 1.38 bits per heavy atom. The predicted octanol–water partition coefficient (Wildman–Crippen LogP) is -5.95. The van der Waals surface area contributed by atoms with Crippen LogP contribution in [0.25, 0.3) is 0 Å². The predicted molar refractivity (Wildman–Crippen MR) is 87.9 cm³/mol. The van der Waals surface area contributed by atoms with Gasteiger partial charge < -0.3 is 65.3 Å². The molecule has 172 valence electrons. The summed E-state index contributed by atoms with van der Waals surface area (Å²) in [6.07, 6.45) is -16.8. The summed E-state index contributed by atoms with van der Waals surface area (Å²) in [5.74, 6) is -1.19. The van der Waals surface area contributed by atoms with E-state index in [1.54, 1.807) is 0 Å². The first-order valence-electron chi connectivity index (χ1n) is 8.63. The second-order valence-electron chi connectivity index (χ2n) is 6.54. The highest BCUT2D eigenvalue weighted by atomic mass is 16.7. The van der Waals surface area contributed by atoms with Crippen LogP contribution in [-0.4, -0.2) is 138 Å². The van der Waals surface area contributed by atoms with E-state index in [1.807, 2.05) is 0 Å². The molecule has 2 saturated heterocycles. The lowest BCUT2D eigenvalue weighted by Crippen LogP contribution is -2.64. The van der Waals surface area contributed by atoms with Crippen molar-refractivity contribution in [3.05, 3.63) is 0 Å². The molecule has 0 amide bonds. The topological polar surface area (TPSA) is 247 Å². The molecule has 14 nitrogen and oxygen atoms in total. The van der Waals surface area contributed by atoms with Gasteiger partial charge in [-0.2, -0.15) is 0 Å². The van der Waals surface area contributed by atoms with E-state index in [0.29, 0.717) is 0 Å². The summed E-state index contributed by atoms with van der Waals surface area (Å²) in [6.45, 7) is -0.148. The van der Waals surface area contributed by atoms with Crippen LogP contribution >= 0.6 is 0 Å². The van der Waals surface area contributed by atoms with Crippen molar-refractivity contribution in [3.8, 4) is 0 Å². The minimum Gasteiger partial charge on any atom is -0.479 e. The Bertz CT molecular complexity index is 499. The van der Waals surface area contributed by atoms with Crippen molar-refractivity contribution in [2.75, 3.05) is 13.2 Å². The summed E-state index contributed by atoms with van der Waals surface area (Å²) < 4.78 is 15.3. The summed E-state index contributed by atoms with van der Waals surface area (Å²) in [4.78, 5) is 9.45. The quantitative estimate of drug-likeness (QED) is 0.194. The standard InChI is InChI=1S/C12H22O11.C3H6O3/c13-1-3-5(15)6(16)9(19)12(22-3)23-10-4(2-14)21-11(20)8(18)7(10)17;1-2(4)3(5)6/h3-20H,1-2H2;2,4H,1H3,(H,5,6)/t3-,4-,5+,6+,7-,8-,9-,10-,11?,12+;/m1./s1. The molecule has 11 atom stereocenters. The third-order valence-electron chi connectivity index (χ3n) is 4.34. The Morgan fingerprint density at radius 1 is 0.862 bits per heavy atom. The van der Waals surface area contributed by atoms with Crippen LogP contribution in [0.5, 0.6) is 0 Å². The van der Waals surface area contributed by atoms with E-state index in [9.17, 15) is 40.5 Å². The lowest BCUT2D eigenvalue weighted by molar-refractivity contribution is -0.355. The molecular formula is C15H28O14. The number of hydrogen-bond acceptors (Lipinski definition) is 13. The number of ether oxygens (including phenoxy) is 3. The van der Waals surface area contributed by atoms with Crippen LogP contribution in [0.3, 0.4) is 0 Å². The van der Waals surface area contributed by atoms with Crippen LogP contribution in [-0.2, 0) is 19.0 Å². The van der Waals surface area contributed by atoms with Crippen LogP contribution in [0.1, 0.15) is 6.92 Å². The van der Waals surface area contributed by atoms with Gasteiger partial charge in [0.15, 0.2) is 12.6 Å². The minimum absolute atomic E-state index is 0.667. The molecule has 0 saturated carbocycles. The zero-order valence-corrected chi connectivity index (χ0v) is 15.4. The molecule has 0 radical (unpaired) electrons. The fraction of sp³-hybridized carbons (Fsp3) is 0.933. The zero-order valence-electron chi connectivity index (χ0n) is 15.4. The summed E-state index contributed by atoms with van der Waals surface area (Å²) in [6, 6.07) is 0. The van der Waals surface area contributed by atoms with Gasteiger partial charge in [-0.05, 0) is 6.92 Å². The van der Waals surface area contributed by atoms with Crippen molar-refractivity contribution < 1.29 is 70.1 Å². The first kappa shape index (κ1) is 26.0. The van der Waals surface area contributed by atoms with Gasteiger partial charge in [-0.1, -0.05) is 0 Å². The molecule has 14 heteroatoms. The van der Waals surface area contributed by atoms with Gasteiger partial charge in [-0.15, -0.1) is 0 Å². The number of aliphatic hydroxyl groups excluding tert-OH is 9. The van der Waals surface area contributed by atoms with E-state index >= 15 is 0 Å². The molecule has 0 spiro atoms. The lowest BCUT2D eigenvalue weighted by Gasteiger charge is -2.45. The normalized spacial score (nSPS) is 43.8. The van der Waals surface area contributed by atoms with Crippen LogP contribution in [0, 0.1) is 0 Å². The number of carboxylic acid groups (broad SMARTS) is 1. The van der Waals surface area contributed by atoms with Crippen LogP contribution < -0.4 is 0 Å². The Labute approximate surface area is 164 Å². The van der Waals surface area contributed by atoms with E-state index in [2.05, 4.69) is 0 Å². The Kier molecular flexibility index (Phi) is 10.2. The summed E-state index contributed by atoms with van der Waals surface area (Å²) in [5.41, 5.74) is 0. The fourth-order valence-corrected chi connectivity index (χ4v) is 2.57. The van der Waals surface area contributed by atoms with Crippen molar-refractivity contribution in [1.82, 2.24) is 0 Å². The number of aliphatic carboxylic acids is 1. The third kappa shape index (κ3) is 6.48. The Morgan fingerprint density at radius 3 is 1.83 bits per heavy atom. The maximum absolute atomic E-state index is 9.94. The molecule has 2 aliphatic rings. The van der Waals surface area contributed by atoms with Crippen LogP contribution in [0.4, 0.5) is 0 Å². The monoisotopic (exact) mass is 432 g/mol. The average molecular weight is 432 g/mol. The van der Waals surface area contributed by atoms with Gasteiger partial charge in [0.25, 0.3) is 0 Å². The van der Waals surface area contributed by atoms with Crippen molar-refractivity contribution >= 4 is 5.97 Å². The molecular weight excluding hydrogens is 404 g/mol. The van der Waals surface area contributed by atoms with Crippen molar-refractivity contribution in [2.45, 2.75) is 74.4 Å². The second-order valence-corrected chi connectivity index (χ2v) is 6.54. The largest absolute Gasteiger partial charge is 0.479 e. The smallest absolute Gasteiger partial charge is 0.332 e. The number of aliphatic hydroxyl groups is 9. The molecule has 0 aromatic heterocycles. The summed E-state index contributed by atoms with van der Waals surface area (Å²) in [7, 11) is 0. The Balaban J connectivity index is 0.000000612. The number of hydrogen-bond donors (Lipinski definition) is 10. The van der Waals surface area contributed by atoms with Crippen LogP contribution in [0.15, 0.2) is 0 Å². The maximum Gasteiger partial charge on any atom is 0.332 e. The summed E-state index contributed by atoms with van der Waals surface area (Å²) in [5, 5.41) is 92.3. The van der Waals surface area contributed by atoms with E-state index in [4.69, 9.17) is 29.5 Å². The molecule has 0 aliphatic carbocycles. The molecule has 2 heterocycles. The lowest BCUT2D eigenvalue weighted by atomic mass is 9.97. The molecule has 2 fully saturated rings. The number of rotatable bonds is 5. The summed E-state index contributed by atoms with van der Waals surface area (Å²) >= 11 is 0. The molecule has 0 bridgehead atoms. The van der Waals surface area contributed by atoms with Crippen molar-refractivity contribution in [1.29, 1.82) is 0 Å². The Hall–Kier alpha value is -1.01. The van der Waals surface area contributed by atoms with E-state index in [-0.39, 0.29) is 0 Å². The van der Waals surface area contributed by atoms with Gasteiger partial charge in [-0.3, -0.25) is 0 Å². The minimum atomic E-state index is -1.74. The van der Waals surface area contributed by atoms with Gasteiger partial charge >= 0.3 is 5.97 Å². The highest BCUT2D eigenvalue weighted by Gasteiger charge is 2.50. The van der Waals surface area contributed by atoms with Gasteiger partial charge in [0.1, 0.15) is 54.9 Å². The molecule has 0 aromatic carbocycles. The van der Waals surface area contributed by atoms with Crippen LogP contribution in [0.2, 0.25) is 0 Å². The second kappa shape index (κ2) is 11.4. The molecule has 10 N–H and O–H groups in total. The average Bonchev–Trinajstić information content (AvgIpc) is 2.68. The highest BCUT2D eigenvalue weighted by Crippen LogP contribution is 2.28. The molecule has 0 aromatic rings. The van der Waals surface area contributed by atoms with Gasteiger partial charge in [0.2, 0.25) is 0 Å². The van der Waals surface area contributed by atoms with Crippen molar-refractivity contribution in [2.24, 2.45) is 0 Å². The van der Waals surface area contributed by atoms with Gasteiger partial charge in [0, 0.05) is 0 Å². The van der Waals surface area contributed by atoms with Gasteiger partial charge in [0.05, 0.1) is 13.2 Å². The molecule has 2 unspecified atom stereocenters. The fourth-order valence-electron chi connectivity index (χ4n) is 2.57. The zero-order chi connectivity index (χ0) is 22.5. The SMILES string of the molecule is CC(O)C(=O)O.OC[C@H]1O[C@@H](O[C@H]2[C@H](O)[C@@H](O)C(O)O[C@@H]2CO)[C@H](O)[C@@H](O)[C@H]1O. The first-order chi connectivity index (χ1) is 13.5. The molecule has 2 aliphatic heterocycles. The van der Waals surface area contributed by atoms with Gasteiger partial charge in [-0.25, -0.2) is 4.79 Å². The van der Waals surface area contributed by atoms with E-state index in [0.717, 1.165) is 0 Å². The third-order valence-corrected chi connectivity index (χ3v) is 4.34. The molecule has 29 heavy (non-hydrogen) atoms. The number of carbonyl (C=O) groups is 1. The van der Waals surface area contributed by atoms with E-state index < -0.39 is 86.7 Å². The molecule has 2 rings (SSSR count). The number of carboxylic acids is 1. The highest BCUT2D eigenvalue weighted by molar-refractivity contribution is 5.71. The van der Waals surface area contributed by atoms with E-state index in [1.165, 1.54) is 6.92 Å².